The van der Waals surface area contributed by atoms with Gasteiger partial charge in [0.25, 0.3) is 0 Å². The van der Waals surface area contributed by atoms with E-state index in [9.17, 15) is 14.4 Å². The first-order valence-corrected chi connectivity index (χ1v) is 9.60. The van der Waals surface area contributed by atoms with E-state index in [0.29, 0.717) is 11.3 Å². The molecular weight excluding hydrogens is 382 g/mol. The number of nitrogens with one attached hydrogen (secondary N) is 1. The van der Waals surface area contributed by atoms with Crippen LogP contribution in [0.25, 0.3) is 6.08 Å². The summed E-state index contributed by atoms with van der Waals surface area (Å²) in [4.78, 5) is 36.0. The Morgan fingerprint density at radius 2 is 1.60 bits per heavy atom. The second kappa shape index (κ2) is 10.4. The number of carbonyl (C=O) groups excluding carboxylic acids is 3. The third-order valence-corrected chi connectivity index (χ3v) is 4.02. The zero-order chi connectivity index (χ0) is 22.1. The summed E-state index contributed by atoms with van der Waals surface area (Å²) in [5.41, 5.74) is 1.60. The Kier molecular flexibility index (Phi) is 7.92. The van der Waals surface area contributed by atoms with Crippen LogP contribution in [0.5, 0.6) is 5.75 Å². The van der Waals surface area contributed by atoms with E-state index >= 15 is 0 Å². The Morgan fingerprint density at radius 1 is 0.967 bits per heavy atom. The summed E-state index contributed by atoms with van der Waals surface area (Å²) >= 11 is 0. The van der Waals surface area contributed by atoms with Gasteiger partial charge in [-0.15, -0.1) is 0 Å². The van der Waals surface area contributed by atoms with Crippen molar-refractivity contribution < 1.29 is 23.9 Å². The highest BCUT2D eigenvalue weighted by Gasteiger charge is 2.14. The Labute approximate surface area is 176 Å². The Bertz CT molecular complexity index is 906. The van der Waals surface area contributed by atoms with E-state index in [1.54, 1.807) is 49.6 Å². The number of ketones is 1. The molecule has 1 amide bonds. The molecule has 0 unspecified atom stereocenters. The molecule has 0 aliphatic heterocycles. The molecule has 0 radical (unpaired) electrons. The fourth-order valence-corrected chi connectivity index (χ4v) is 2.55. The van der Waals surface area contributed by atoms with Crippen molar-refractivity contribution >= 4 is 23.7 Å². The first-order valence-electron chi connectivity index (χ1n) is 9.60. The van der Waals surface area contributed by atoms with Gasteiger partial charge in [-0.1, -0.05) is 24.3 Å². The van der Waals surface area contributed by atoms with Gasteiger partial charge in [0.15, 0.2) is 5.78 Å². The van der Waals surface area contributed by atoms with Gasteiger partial charge in [-0.3, -0.25) is 9.59 Å². The minimum atomic E-state index is -0.534. The zero-order valence-electron chi connectivity index (χ0n) is 17.7. The molecule has 6 nitrogen and oxygen atoms in total. The maximum atomic E-state index is 12.2. The molecule has 0 spiro atoms. The summed E-state index contributed by atoms with van der Waals surface area (Å²) < 4.78 is 10.3. The maximum Gasteiger partial charge on any atom is 0.331 e. The minimum absolute atomic E-state index is 0.0676. The van der Waals surface area contributed by atoms with Crippen molar-refractivity contribution in [3.63, 3.8) is 0 Å². The lowest BCUT2D eigenvalue weighted by atomic mass is 10.1. The van der Waals surface area contributed by atoms with Gasteiger partial charge >= 0.3 is 5.97 Å². The van der Waals surface area contributed by atoms with Crippen molar-refractivity contribution in [3.05, 3.63) is 71.3 Å². The van der Waals surface area contributed by atoms with Crippen LogP contribution >= 0.6 is 0 Å². The Balaban J connectivity index is 1.82. The lowest BCUT2D eigenvalue weighted by molar-refractivity contribution is -0.148. The van der Waals surface area contributed by atoms with E-state index in [1.165, 1.54) is 6.08 Å². The number of hydrogen-bond acceptors (Lipinski definition) is 5. The van der Waals surface area contributed by atoms with Crippen molar-refractivity contribution in [2.24, 2.45) is 0 Å². The molecule has 0 heterocycles. The average molecular weight is 409 g/mol. The normalized spacial score (nSPS) is 11.2. The number of rotatable bonds is 8. The molecule has 0 aliphatic rings. The van der Waals surface area contributed by atoms with Gasteiger partial charge < -0.3 is 14.8 Å². The molecule has 1 N–H and O–H groups in total. The highest BCUT2D eigenvalue weighted by Crippen LogP contribution is 2.12. The highest BCUT2D eigenvalue weighted by atomic mass is 16.6. The van der Waals surface area contributed by atoms with E-state index in [-0.39, 0.29) is 24.7 Å². The van der Waals surface area contributed by atoms with Crippen LogP contribution in [0.1, 0.15) is 42.3 Å². The number of amides is 1. The van der Waals surface area contributed by atoms with Gasteiger partial charge in [0, 0.05) is 11.6 Å². The lowest BCUT2D eigenvalue weighted by Crippen LogP contribution is -2.30. The minimum Gasteiger partial charge on any atom is -0.497 e. The molecule has 2 aromatic rings. The molecule has 2 rings (SSSR count). The van der Waals surface area contributed by atoms with Crippen LogP contribution < -0.4 is 10.1 Å². The second-order valence-corrected chi connectivity index (χ2v) is 7.71. The molecule has 158 valence electrons. The molecule has 2 aromatic carbocycles. The van der Waals surface area contributed by atoms with Crippen molar-refractivity contribution in [3.8, 4) is 5.75 Å². The van der Waals surface area contributed by atoms with Crippen LogP contribution in [0.15, 0.2) is 54.6 Å². The number of Topliss-reactive ketones (excluding diaryl/α,β-unsaturated/α-hetero) is 1. The summed E-state index contributed by atoms with van der Waals surface area (Å²) in [6.07, 6.45) is 3.19. The zero-order valence-corrected chi connectivity index (χ0v) is 17.7. The summed E-state index contributed by atoms with van der Waals surface area (Å²) in [5, 5.41) is 2.64. The van der Waals surface area contributed by atoms with Crippen molar-refractivity contribution in [1.82, 2.24) is 5.32 Å². The predicted octanol–water partition coefficient (Wildman–Crippen LogP) is 3.59. The van der Waals surface area contributed by atoms with E-state index < -0.39 is 11.6 Å². The van der Waals surface area contributed by atoms with E-state index in [1.807, 2.05) is 32.9 Å². The van der Waals surface area contributed by atoms with Gasteiger partial charge in [-0.2, -0.15) is 0 Å². The van der Waals surface area contributed by atoms with Crippen molar-refractivity contribution in [1.29, 1.82) is 0 Å². The SMILES string of the molecule is COc1ccc(C(=O)CNC(=O)Cc2ccc(/C=C/C(=O)OC(C)(C)C)cc2)cc1. The van der Waals surface area contributed by atoms with Crippen LogP contribution in [-0.4, -0.2) is 36.9 Å². The number of hydrogen-bond donors (Lipinski definition) is 1. The van der Waals surface area contributed by atoms with E-state index in [4.69, 9.17) is 9.47 Å². The van der Waals surface area contributed by atoms with Crippen LogP contribution in [0, 0.1) is 0 Å². The molecule has 0 bridgehead atoms. The third kappa shape index (κ3) is 7.91. The fraction of sp³-hybridized carbons (Fsp3) is 0.292. The molecule has 0 atom stereocenters. The van der Waals surface area contributed by atoms with E-state index in [2.05, 4.69) is 5.32 Å². The summed E-state index contributed by atoms with van der Waals surface area (Å²) in [5.74, 6) is -0.157. The van der Waals surface area contributed by atoms with Crippen LogP contribution in [0.3, 0.4) is 0 Å². The molecule has 0 saturated carbocycles. The molecule has 6 heteroatoms. The number of ether oxygens (including phenoxy) is 2. The summed E-state index contributed by atoms with van der Waals surface area (Å²) in [7, 11) is 1.56. The Hall–Kier alpha value is -3.41. The fourth-order valence-electron chi connectivity index (χ4n) is 2.55. The quantitative estimate of drug-likeness (QED) is 0.409. The van der Waals surface area contributed by atoms with Crippen molar-refractivity contribution in [2.45, 2.75) is 32.8 Å². The van der Waals surface area contributed by atoms with Gasteiger partial charge in [0.1, 0.15) is 11.4 Å². The Morgan fingerprint density at radius 3 is 2.17 bits per heavy atom. The predicted molar refractivity (Wildman–Crippen MR) is 115 cm³/mol. The van der Waals surface area contributed by atoms with Crippen molar-refractivity contribution in [2.75, 3.05) is 13.7 Å². The third-order valence-electron chi connectivity index (χ3n) is 4.02. The molecule has 30 heavy (non-hydrogen) atoms. The number of benzene rings is 2. The van der Waals surface area contributed by atoms with Crippen LogP contribution in [0.4, 0.5) is 0 Å². The molecule has 0 fully saturated rings. The smallest absolute Gasteiger partial charge is 0.331 e. The molecular formula is C24H27NO5. The first-order chi connectivity index (χ1) is 14.2. The molecule has 0 saturated heterocycles. The van der Waals surface area contributed by atoms with Gasteiger partial charge in [-0.25, -0.2) is 4.79 Å². The summed E-state index contributed by atoms with van der Waals surface area (Å²) in [6, 6.07) is 14.0. The highest BCUT2D eigenvalue weighted by molar-refractivity contribution is 5.99. The van der Waals surface area contributed by atoms with Crippen LogP contribution in [0.2, 0.25) is 0 Å². The largest absolute Gasteiger partial charge is 0.497 e. The number of esters is 1. The molecule has 0 aromatic heterocycles. The first kappa shape index (κ1) is 22.9. The standard InChI is InChI=1S/C24H27NO5/c1-24(2,3)30-23(28)14-9-17-5-7-18(8-6-17)15-22(27)25-16-21(26)19-10-12-20(29-4)13-11-19/h5-14H,15-16H2,1-4H3,(H,25,27)/b14-9+. The van der Waals surface area contributed by atoms with Gasteiger partial charge in [-0.05, 0) is 62.2 Å². The van der Waals surface area contributed by atoms with Gasteiger partial charge in [0.2, 0.25) is 5.91 Å². The monoisotopic (exact) mass is 409 g/mol. The number of methoxy groups -OCH3 is 1. The van der Waals surface area contributed by atoms with Crippen LogP contribution in [-0.2, 0) is 20.7 Å². The maximum absolute atomic E-state index is 12.2. The number of carbonyl (C=O) groups is 3. The topological polar surface area (TPSA) is 81.7 Å². The summed E-state index contributed by atoms with van der Waals surface area (Å²) in [6.45, 7) is 5.36. The van der Waals surface area contributed by atoms with Gasteiger partial charge in [0.05, 0.1) is 20.1 Å². The average Bonchev–Trinajstić information content (AvgIpc) is 2.70. The lowest BCUT2D eigenvalue weighted by Gasteiger charge is -2.17. The molecule has 0 aliphatic carbocycles. The second-order valence-electron chi connectivity index (χ2n) is 7.71. The van der Waals surface area contributed by atoms with E-state index in [0.717, 1.165) is 11.1 Å².